The monoisotopic (exact) mass is 428 g/mol. The molecule has 2 N–H and O–H groups in total. The number of ether oxygens (including phenoxy) is 4. The fraction of sp³-hybridized carbons (Fsp3) is 0.222. The Morgan fingerprint density at radius 1 is 0.704 bits per heavy atom. The first-order chi connectivity index (χ1) is 12.5. The SMILES string of the molecule is COc1ccccc1OCC(=O)O.COc1ccccc1OCC(=O)O.[Zn]. The maximum Gasteiger partial charge on any atom is 0.341 e. The van der Waals surface area contributed by atoms with Crippen molar-refractivity contribution >= 4 is 11.9 Å². The molecular weight excluding hydrogens is 410 g/mol. The minimum atomic E-state index is -1.01. The van der Waals surface area contributed by atoms with Crippen molar-refractivity contribution in [3.63, 3.8) is 0 Å². The van der Waals surface area contributed by atoms with Crippen LogP contribution in [-0.2, 0) is 29.1 Å². The fourth-order valence-corrected chi connectivity index (χ4v) is 1.76. The molecule has 142 valence electrons. The Balaban J connectivity index is 0.000000483. The van der Waals surface area contributed by atoms with E-state index in [0.29, 0.717) is 23.0 Å². The zero-order chi connectivity index (χ0) is 19.4. The van der Waals surface area contributed by atoms with Gasteiger partial charge in [-0.05, 0) is 24.3 Å². The molecule has 2 rings (SSSR count). The third-order valence-electron chi connectivity index (χ3n) is 2.84. The Kier molecular flexibility index (Phi) is 12.0. The predicted octanol–water partition coefficient (Wildman–Crippen LogP) is 2.31. The van der Waals surface area contributed by atoms with Crippen LogP contribution in [0.3, 0.4) is 0 Å². The Morgan fingerprint density at radius 2 is 1.00 bits per heavy atom. The van der Waals surface area contributed by atoms with Gasteiger partial charge in [0.25, 0.3) is 0 Å². The normalized spacial score (nSPS) is 8.96. The quantitative estimate of drug-likeness (QED) is 0.615. The van der Waals surface area contributed by atoms with Crippen LogP contribution in [0.2, 0.25) is 0 Å². The van der Waals surface area contributed by atoms with Crippen LogP contribution < -0.4 is 18.9 Å². The van der Waals surface area contributed by atoms with Crippen LogP contribution in [0.1, 0.15) is 0 Å². The fourth-order valence-electron chi connectivity index (χ4n) is 1.76. The Hall–Kier alpha value is -2.80. The second-order valence-corrected chi connectivity index (χ2v) is 4.67. The number of carbonyl (C=O) groups is 2. The second-order valence-electron chi connectivity index (χ2n) is 4.67. The van der Waals surface area contributed by atoms with Gasteiger partial charge in [-0.25, -0.2) is 9.59 Å². The van der Waals surface area contributed by atoms with Crippen molar-refractivity contribution in [1.82, 2.24) is 0 Å². The number of aliphatic carboxylic acids is 2. The standard InChI is InChI=1S/2C9H10O4.Zn/c2*1-12-7-4-2-3-5-8(7)13-6-9(10)11;/h2*2-5H,6H2,1H3,(H,10,11);. The van der Waals surface area contributed by atoms with Gasteiger partial charge >= 0.3 is 11.9 Å². The zero-order valence-corrected chi connectivity index (χ0v) is 18.1. The van der Waals surface area contributed by atoms with Crippen molar-refractivity contribution in [3.8, 4) is 23.0 Å². The van der Waals surface area contributed by atoms with Crippen molar-refractivity contribution < 1.29 is 58.2 Å². The van der Waals surface area contributed by atoms with Gasteiger partial charge in [-0.15, -0.1) is 0 Å². The molecule has 0 aliphatic rings. The van der Waals surface area contributed by atoms with Crippen LogP contribution in [0.4, 0.5) is 0 Å². The third kappa shape index (κ3) is 9.46. The molecule has 9 heteroatoms. The predicted molar refractivity (Wildman–Crippen MR) is 92.2 cm³/mol. The number of methoxy groups -OCH3 is 2. The Morgan fingerprint density at radius 3 is 1.26 bits per heavy atom. The number of carboxylic acid groups (broad SMARTS) is 2. The largest absolute Gasteiger partial charge is 0.493 e. The van der Waals surface area contributed by atoms with Gasteiger partial charge in [-0.1, -0.05) is 24.3 Å². The van der Waals surface area contributed by atoms with Crippen molar-refractivity contribution in [2.24, 2.45) is 0 Å². The molecule has 0 radical (unpaired) electrons. The van der Waals surface area contributed by atoms with E-state index in [1.807, 2.05) is 0 Å². The van der Waals surface area contributed by atoms with Gasteiger partial charge < -0.3 is 29.2 Å². The van der Waals surface area contributed by atoms with Gasteiger partial charge in [-0.2, -0.15) is 0 Å². The van der Waals surface area contributed by atoms with Gasteiger partial charge in [0.05, 0.1) is 14.2 Å². The molecule has 0 amide bonds. The molecule has 8 nitrogen and oxygen atoms in total. The van der Waals surface area contributed by atoms with Gasteiger partial charge in [0.15, 0.2) is 36.2 Å². The van der Waals surface area contributed by atoms with Crippen LogP contribution in [0.15, 0.2) is 48.5 Å². The molecule has 0 atom stereocenters. The number of para-hydroxylation sites is 4. The summed E-state index contributed by atoms with van der Waals surface area (Å²) in [5.41, 5.74) is 0. The summed E-state index contributed by atoms with van der Waals surface area (Å²) in [6, 6.07) is 13.8. The van der Waals surface area contributed by atoms with E-state index in [1.165, 1.54) is 14.2 Å². The molecule has 0 unspecified atom stereocenters. The van der Waals surface area contributed by atoms with E-state index in [0.717, 1.165) is 0 Å². The first-order valence-corrected chi connectivity index (χ1v) is 7.43. The first kappa shape index (κ1) is 24.2. The molecule has 27 heavy (non-hydrogen) atoms. The van der Waals surface area contributed by atoms with Crippen LogP contribution in [-0.4, -0.2) is 49.6 Å². The van der Waals surface area contributed by atoms with Crippen molar-refractivity contribution in [2.45, 2.75) is 0 Å². The molecule has 0 spiro atoms. The smallest absolute Gasteiger partial charge is 0.341 e. The van der Waals surface area contributed by atoms with Crippen LogP contribution >= 0.6 is 0 Å². The summed E-state index contributed by atoms with van der Waals surface area (Å²) in [4.78, 5) is 20.4. The topological polar surface area (TPSA) is 112 Å². The number of benzene rings is 2. The van der Waals surface area contributed by atoms with E-state index >= 15 is 0 Å². The number of hydrogen-bond donors (Lipinski definition) is 2. The third-order valence-corrected chi connectivity index (χ3v) is 2.84. The van der Waals surface area contributed by atoms with Crippen LogP contribution in [0.5, 0.6) is 23.0 Å². The van der Waals surface area contributed by atoms with Crippen molar-refractivity contribution in [2.75, 3.05) is 27.4 Å². The van der Waals surface area contributed by atoms with E-state index in [9.17, 15) is 9.59 Å². The summed E-state index contributed by atoms with van der Waals surface area (Å²) < 4.78 is 19.8. The van der Waals surface area contributed by atoms with Crippen LogP contribution in [0.25, 0.3) is 0 Å². The minimum Gasteiger partial charge on any atom is -0.493 e. The second kappa shape index (κ2) is 13.4. The van der Waals surface area contributed by atoms with Gasteiger partial charge in [0.1, 0.15) is 0 Å². The Bertz CT molecular complexity index is 659. The van der Waals surface area contributed by atoms with E-state index in [1.54, 1.807) is 48.5 Å². The minimum absolute atomic E-state index is 0. The average Bonchev–Trinajstić information content (AvgIpc) is 2.65. The van der Waals surface area contributed by atoms with Crippen molar-refractivity contribution in [1.29, 1.82) is 0 Å². The molecule has 2 aromatic carbocycles. The van der Waals surface area contributed by atoms with Crippen LogP contribution in [0, 0.1) is 0 Å². The molecule has 0 bridgehead atoms. The maximum atomic E-state index is 10.2. The average molecular weight is 430 g/mol. The summed E-state index contributed by atoms with van der Waals surface area (Å²) in [7, 11) is 3.01. The summed E-state index contributed by atoms with van der Waals surface area (Å²) in [6.45, 7) is -0.721. The number of carboxylic acids is 2. The number of rotatable bonds is 8. The van der Waals surface area contributed by atoms with E-state index < -0.39 is 11.9 Å². The summed E-state index contributed by atoms with van der Waals surface area (Å²) in [5, 5.41) is 16.7. The molecule has 0 saturated carbocycles. The molecule has 0 aromatic heterocycles. The zero-order valence-electron chi connectivity index (χ0n) is 15.1. The molecule has 0 saturated heterocycles. The van der Waals surface area contributed by atoms with E-state index in [-0.39, 0.29) is 32.7 Å². The molecule has 0 aliphatic heterocycles. The van der Waals surface area contributed by atoms with Gasteiger partial charge in [0, 0.05) is 19.5 Å². The Labute approximate surface area is 169 Å². The summed E-state index contributed by atoms with van der Waals surface area (Å²) in [6.07, 6.45) is 0. The molecule has 2 aromatic rings. The molecule has 0 aliphatic carbocycles. The first-order valence-electron chi connectivity index (χ1n) is 7.43. The summed E-state index contributed by atoms with van der Waals surface area (Å²) >= 11 is 0. The molecule has 0 fully saturated rings. The maximum absolute atomic E-state index is 10.2. The van der Waals surface area contributed by atoms with Crippen molar-refractivity contribution in [3.05, 3.63) is 48.5 Å². The van der Waals surface area contributed by atoms with Gasteiger partial charge in [0.2, 0.25) is 0 Å². The summed E-state index contributed by atoms with van der Waals surface area (Å²) in [5.74, 6) is -0.0795. The van der Waals surface area contributed by atoms with Gasteiger partial charge in [-0.3, -0.25) is 0 Å². The molecular formula is C18H20O8Zn. The molecule has 0 heterocycles. The van der Waals surface area contributed by atoms with E-state index in [4.69, 9.17) is 29.2 Å². The number of hydrogen-bond acceptors (Lipinski definition) is 6. The van der Waals surface area contributed by atoms with E-state index in [2.05, 4.69) is 0 Å².